The first-order valence-corrected chi connectivity index (χ1v) is 7.67. The van der Waals surface area contributed by atoms with Gasteiger partial charge in [0.05, 0.1) is 24.7 Å². The summed E-state index contributed by atoms with van der Waals surface area (Å²) in [6.07, 6.45) is 4.82. The molecule has 2 aromatic heterocycles. The highest BCUT2D eigenvalue weighted by Crippen LogP contribution is 2.21. The fourth-order valence-electron chi connectivity index (χ4n) is 2.60. The molecule has 128 valence electrons. The van der Waals surface area contributed by atoms with Crippen LogP contribution in [0.1, 0.15) is 15.9 Å². The molecule has 0 bridgehead atoms. The molecule has 0 saturated heterocycles. The van der Waals surface area contributed by atoms with Gasteiger partial charge >= 0.3 is 0 Å². The largest absolute Gasteiger partial charge is 0.495 e. The second-order valence-corrected chi connectivity index (χ2v) is 5.58. The van der Waals surface area contributed by atoms with E-state index < -0.39 is 11.5 Å². The molecule has 7 heteroatoms. The Balaban J connectivity index is 2.06. The molecule has 0 fully saturated rings. The summed E-state index contributed by atoms with van der Waals surface area (Å²) in [4.78, 5) is 25.5. The van der Waals surface area contributed by atoms with Crippen molar-refractivity contribution in [1.29, 1.82) is 0 Å². The number of hydrogen-bond donors (Lipinski definition) is 1. The van der Waals surface area contributed by atoms with Crippen molar-refractivity contribution in [3.63, 3.8) is 0 Å². The number of amides is 1. The Labute approximate surface area is 144 Å². The highest BCUT2D eigenvalue weighted by Gasteiger charge is 2.18. The van der Waals surface area contributed by atoms with Crippen LogP contribution in [0.3, 0.4) is 0 Å². The van der Waals surface area contributed by atoms with E-state index in [-0.39, 0.29) is 5.56 Å². The summed E-state index contributed by atoms with van der Waals surface area (Å²) < 4.78 is 8.29. The van der Waals surface area contributed by atoms with Gasteiger partial charge in [0.25, 0.3) is 11.5 Å². The SMILES string of the molecule is COc1ccccc1-n1ccc(C)c(C(=O)Nc2cnn(C)c2)c1=O. The number of aromatic nitrogens is 3. The first-order chi connectivity index (χ1) is 12.0. The van der Waals surface area contributed by atoms with E-state index in [1.165, 1.54) is 17.9 Å². The molecule has 3 aromatic rings. The van der Waals surface area contributed by atoms with E-state index in [0.717, 1.165) is 0 Å². The lowest BCUT2D eigenvalue weighted by Gasteiger charge is -2.13. The fraction of sp³-hybridized carbons (Fsp3) is 0.167. The fourth-order valence-corrected chi connectivity index (χ4v) is 2.60. The van der Waals surface area contributed by atoms with Crippen molar-refractivity contribution in [2.24, 2.45) is 7.05 Å². The number of aryl methyl sites for hydroxylation is 2. The van der Waals surface area contributed by atoms with E-state index in [4.69, 9.17) is 4.74 Å². The lowest BCUT2D eigenvalue weighted by Crippen LogP contribution is -2.29. The normalized spacial score (nSPS) is 10.5. The zero-order chi connectivity index (χ0) is 18.0. The van der Waals surface area contributed by atoms with Crippen molar-refractivity contribution < 1.29 is 9.53 Å². The van der Waals surface area contributed by atoms with Crippen molar-refractivity contribution >= 4 is 11.6 Å². The molecule has 2 heterocycles. The van der Waals surface area contributed by atoms with Gasteiger partial charge in [0, 0.05) is 19.4 Å². The molecule has 0 aliphatic rings. The quantitative estimate of drug-likeness (QED) is 0.790. The molecule has 0 aliphatic heterocycles. The maximum Gasteiger partial charge on any atom is 0.268 e. The number of carbonyl (C=O) groups is 1. The number of carbonyl (C=O) groups excluding carboxylic acids is 1. The summed E-state index contributed by atoms with van der Waals surface area (Å²) in [7, 11) is 3.28. The minimum absolute atomic E-state index is 0.0808. The van der Waals surface area contributed by atoms with Gasteiger partial charge in [0.1, 0.15) is 11.3 Å². The predicted octanol–water partition coefficient (Wildman–Crippen LogP) is 2.14. The van der Waals surface area contributed by atoms with Gasteiger partial charge in [-0.05, 0) is 30.7 Å². The Kier molecular flexibility index (Phi) is 4.38. The van der Waals surface area contributed by atoms with Crippen molar-refractivity contribution in [3.05, 3.63) is 70.4 Å². The number of anilines is 1. The van der Waals surface area contributed by atoms with Crippen LogP contribution in [0.2, 0.25) is 0 Å². The van der Waals surface area contributed by atoms with Gasteiger partial charge in [-0.1, -0.05) is 12.1 Å². The van der Waals surface area contributed by atoms with Crippen LogP contribution < -0.4 is 15.6 Å². The lowest BCUT2D eigenvalue weighted by molar-refractivity contribution is 0.102. The molecule has 0 aliphatic carbocycles. The number of para-hydroxylation sites is 2. The standard InChI is InChI=1S/C18H18N4O3/c1-12-8-9-22(14-6-4-5-7-15(14)25-3)18(24)16(12)17(23)20-13-10-19-21(2)11-13/h4-11H,1-3H3,(H,20,23). The highest BCUT2D eigenvalue weighted by molar-refractivity contribution is 6.04. The Hall–Kier alpha value is -3.35. The van der Waals surface area contributed by atoms with Gasteiger partial charge in [-0.3, -0.25) is 18.8 Å². The van der Waals surface area contributed by atoms with E-state index >= 15 is 0 Å². The van der Waals surface area contributed by atoms with E-state index in [1.54, 1.807) is 55.3 Å². The Bertz CT molecular complexity index is 988. The number of benzene rings is 1. The Morgan fingerprint density at radius 2 is 2.00 bits per heavy atom. The van der Waals surface area contributed by atoms with E-state index in [9.17, 15) is 9.59 Å². The number of hydrogen-bond acceptors (Lipinski definition) is 4. The van der Waals surface area contributed by atoms with Gasteiger partial charge in [-0.2, -0.15) is 5.10 Å². The second kappa shape index (κ2) is 6.64. The molecule has 0 radical (unpaired) electrons. The number of pyridine rings is 1. The first kappa shape index (κ1) is 16.5. The molecule has 0 saturated carbocycles. The van der Waals surface area contributed by atoms with Crippen LogP contribution >= 0.6 is 0 Å². The van der Waals surface area contributed by atoms with Gasteiger partial charge in [-0.15, -0.1) is 0 Å². The Morgan fingerprint density at radius 3 is 2.68 bits per heavy atom. The molecule has 0 spiro atoms. The summed E-state index contributed by atoms with van der Waals surface area (Å²) >= 11 is 0. The van der Waals surface area contributed by atoms with E-state index in [1.807, 2.05) is 6.07 Å². The van der Waals surface area contributed by atoms with Crippen molar-refractivity contribution in [1.82, 2.24) is 14.3 Å². The number of methoxy groups -OCH3 is 1. The second-order valence-electron chi connectivity index (χ2n) is 5.58. The van der Waals surface area contributed by atoms with Crippen molar-refractivity contribution in [3.8, 4) is 11.4 Å². The predicted molar refractivity (Wildman–Crippen MR) is 94.5 cm³/mol. The summed E-state index contributed by atoms with van der Waals surface area (Å²) in [6, 6.07) is 8.87. The zero-order valence-electron chi connectivity index (χ0n) is 14.2. The number of rotatable bonds is 4. The number of ether oxygens (including phenoxy) is 1. The van der Waals surface area contributed by atoms with Gasteiger partial charge in [0.2, 0.25) is 0 Å². The van der Waals surface area contributed by atoms with Crippen LogP contribution in [-0.2, 0) is 7.05 Å². The van der Waals surface area contributed by atoms with Crippen LogP contribution in [0.25, 0.3) is 5.69 Å². The molecule has 1 N–H and O–H groups in total. The highest BCUT2D eigenvalue weighted by atomic mass is 16.5. The molecule has 1 amide bonds. The smallest absolute Gasteiger partial charge is 0.268 e. The molecule has 3 rings (SSSR count). The number of nitrogens with one attached hydrogen (secondary N) is 1. The maximum absolute atomic E-state index is 12.9. The van der Waals surface area contributed by atoms with Crippen LogP contribution in [-0.4, -0.2) is 27.4 Å². The van der Waals surface area contributed by atoms with Crippen LogP contribution in [0, 0.1) is 6.92 Å². The first-order valence-electron chi connectivity index (χ1n) is 7.67. The topological polar surface area (TPSA) is 78.2 Å². The third-order valence-corrected chi connectivity index (χ3v) is 3.84. The summed E-state index contributed by atoms with van der Waals surface area (Å²) in [5, 5.41) is 6.70. The third kappa shape index (κ3) is 3.16. The van der Waals surface area contributed by atoms with Crippen molar-refractivity contribution in [2.45, 2.75) is 6.92 Å². The molecule has 0 atom stereocenters. The van der Waals surface area contributed by atoms with Crippen LogP contribution in [0.5, 0.6) is 5.75 Å². The van der Waals surface area contributed by atoms with Crippen molar-refractivity contribution in [2.75, 3.05) is 12.4 Å². The lowest BCUT2D eigenvalue weighted by atomic mass is 10.1. The van der Waals surface area contributed by atoms with E-state index in [2.05, 4.69) is 10.4 Å². The minimum atomic E-state index is -0.472. The molecule has 1 aromatic carbocycles. The van der Waals surface area contributed by atoms with Gasteiger partial charge in [0.15, 0.2) is 0 Å². The summed E-state index contributed by atoms with van der Waals surface area (Å²) in [5.41, 5.74) is 1.37. The molecular weight excluding hydrogens is 320 g/mol. The minimum Gasteiger partial charge on any atom is -0.495 e. The van der Waals surface area contributed by atoms with Gasteiger partial charge in [-0.25, -0.2) is 0 Å². The van der Waals surface area contributed by atoms with Crippen LogP contribution in [0.4, 0.5) is 5.69 Å². The number of nitrogens with zero attached hydrogens (tertiary/aromatic N) is 3. The summed E-state index contributed by atoms with van der Waals surface area (Å²) in [5.74, 6) is 0.0758. The van der Waals surface area contributed by atoms with Gasteiger partial charge < -0.3 is 10.1 Å². The monoisotopic (exact) mass is 338 g/mol. The zero-order valence-corrected chi connectivity index (χ0v) is 14.2. The van der Waals surface area contributed by atoms with E-state index in [0.29, 0.717) is 22.7 Å². The molecule has 25 heavy (non-hydrogen) atoms. The Morgan fingerprint density at radius 1 is 1.24 bits per heavy atom. The maximum atomic E-state index is 12.9. The molecular formula is C18H18N4O3. The summed E-state index contributed by atoms with van der Waals surface area (Å²) in [6.45, 7) is 1.73. The van der Waals surface area contributed by atoms with Crippen LogP contribution in [0.15, 0.2) is 53.7 Å². The average Bonchev–Trinajstić information content (AvgIpc) is 3.00. The average molecular weight is 338 g/mol. The molecule has 7 nitrogen and oxygen atoms in total. The molecule has 0 unspecified atom stereocenters. The third-order valence-electron chi connectivity index (χ3n) is 3.84.